The van der Waals surface area contributed by atoms with Crippen LogP contribution in [0.4, 0.5) is 0 Å². The van der Waals surface area contributed by atoms with Crippen LogP contribution in [-0.2, 0) is 9.47 Å². The van der Waals surface area contributed by atoms with E-state index in [1.807, 2.05) is 25.1 Å². The summed E-state index contributed by atoms with van der Waals surface area (Å²) in [5, 5.41) is 0. The Balaban J connectivity index is 2.27. The summed E-state index contributed by atoms with van der Waals surface area (Å²) in [6.45, 7) is 4.77. The van der Waals surface area contributed by atoms with Crippen molar-refractivity contribution in [2.45, 2.75) is 12.8 Å². The van der Waals surface area contributed by atoms with Gasteiger partial charge < -0.3 is 9.47 Å². The van der Waals surface area contributed by atoms with Gasteiger partial charge in [-0.3, -0.25) is 0 Å². The third-order valence-electron chi connectivity index (χ3n) is 2.39. The van der Waals surface area contributed by atoms with Gasteiger partial charge in [-0.25, -0.2) is 0 Å². The normalized spacial score (nSPS) is 12.6. The molecular formula is C13H20O2S. The van der Waals surface area contributed by atoms with E-state index in [4.69, 9.17) is 9.47 Å². The lowest BCUT2D eigenvalue weighted by Crippen LogP contribution is -2.12. The van der Waals surface area contributed by atoms with E-state index in [-0.39, 0.29) is 0 Å². The lowest BCUT2D eigenvalue weighted by Gasteiger charge is -2.15. The first-order chi connectivity index (χ1) is 7.88. The summed E-state index contributed by atoms with van der Waals surface area (Å²) in [6, 6.07) is 10.4. The van der Waals surface area contributed by atoms with Crippen molar-refractivity contribution in [3.8, 4) is 0 Å². The summed E-state index contributed by atoms with van der Waals surface area (Å²) in [6.07, 6.45) is 0. The molecule has 0 bridgehead atoms. The summed E-state index contributed by atoms with van der Waals surface area (Å²) in [5.41, 5.74) is 1.29. The lowest BCUT2D eigenvalue weighted by molar-refractivity contribution is 0.0487. The molecule has 0 N–H and O–H groups in total. The van der Waals surface area contributed by atoms with Crippen LogP contribution in [0.15, 0.2) is 30.3 Å². The first-order valence-electron chi connectivity index (χ1n) is 5.69. The Morgan fingerprint density at radius 2 is 1.81 bits per heavy atom. The quantitative estimate of drug-likeness (QED) is 0.556. The molecule has 0 amide bonds. The molecule has 1 aromatic rings. The zero-order valence-corrected chi connectivity index (χ0v) is 10.7. The van der Waals surface area contributed by atoms with Crippen molar-refractivity contribution in [2.24, 2.45) is 0 Å². The van der Waals surface area contributed by atoms with E-state index in [0.717, 1.165) is 12.4 Å². The molecule has 0 fully saturated rings. The minimum absolute atomic E-state index is 0.367. The predicted octanol–water partition coefficient (Wildman–Crippen LogP) is 2.75. The maximum atomic E-state index is 5.57. The molecule has 0 radical (unpaired) electrons. The Labute approximate surface area is 103 Å². The van der Waals surface area contributed by atoms with Gasteiger partial charge in [0.15, 0.2) is 0 Å². The van der Waals surface area contributed by atoms with Crippen LogP contribution >= 0.6 is 12.6 Å². The molecule has 3 heteroatoms. The van der Waals surface area contributed by atoms with Crippen molar-refractivity contribution < 1.29 is 9.47 Å². The van der Waals surface area contributed by atoms with Crippen molar-refractivity contribution in [2.75, 3.05) is 32.2 Å². The van der Waals surface area contributed by atoms with Gasteiger partial charge in [0, 0.05) is 12.5 Å². The second-order valence-electron chi connectivity index (χ2n) is 3.56. The van der Waals surface area contributed by atoms with Crippen LogP contribution in [0.3, 0.4) is 0 Å². The maximum Gasteiger partial charge on any atom is 0.0700 e. The molecule has 0 heterocycles. The van der Waals surface area contributed by atoms with Crippen LogP contribution in [0.25, 0.3) is 0 Å². The largest absolute Gasteiger partial charge is 0.379 e. The Bertz CT molecular complexity index is 264. The Hall–Kier alpha value is -0.510. The minimum atomic E-state index is 0.367. The van der Waals surface area contributed by atoms with Gasteiger partial charge >= 0.3 is 0 Å². The highest BCUT2D eigenvalue weighted by atomic mass is 32.1. The van der Waals surface area contributed by atoms with E-state index < -0.39 is 0 Å². The molecule has 1 unspecified atom stereocenters. The van der Waals surface area contributed by atoms with Crippen LogP contribution in [0, 0.1) is 0 Å². The molecule has 0 aliphatic rings. The van der Waals surface area contributed by atoms with Gasteiger partial charge in [-0.2, -0.15) is 12.6 Å². The fourth-order valence-electron chi connectivity index (χ4n) is 1.47. The zero-order chi connectivity index (χ0) is 11.6. The van der Waals surface area contributed by atoms with Crippen LogP contribution in [0.5, 0.6) is 0 Å². The first kappa shape index (κ1) is 13.6. The molecule has 0 aromatic heterocycles. The Morgan fingerprint density at radius 3 is 2.44 bits per heavy atom. The molecule has 1 aromatic carbocycles. The average Bonchev–Trinajstić information content (AvgIpc) is 2.35. The summed E-state index contributed by atoms with van der Waals surface area (Å²) in [5.74, 6) is 1.17. The highest BCUT2D eigenvalue weighted by molar-refractivity contribution is 7.80. The van der Waals surface area contributed by atoms with Gasteiger partial charge in [0.1, 0.15) is 0 Å². The number of hydrogen-bond donors (Lipinski definition) is 1. The minimum Gasteiger partial charge on any atom is -0.379 e. The van der Waals surface area contributed by atoms with E-state index in [1.54, 1.807) is 0 Å². The second kappa shape index (κ2) is 8.62. The molecule has 2 nitrogen and oxygen atoms in total. The third kappa shape index (κ3) is 5.01. The SMILES string of the molecule is CCOCCOCC(CS)c1ccccc1. The van der Waals surface area contributed by atoms with Gasteiger partial charge in [0.05, 0.1) is 19.8 Å². The average molecular weight is 240 g/mol. The van der Waals surface area contributed by atoms with Gasteiger partial charge in [-0.15, -0.1) is 0 Å². The fourth-order valence-corrected chi connectivity index (χ4v) is 1.78. The van der Waals surface area contributed by atoms with E-state index >= 15 is 0 Å². The summed E-state index contributed by atoms with van der Waals surface area (Å²) in [7, 11) is 0. The molecule has 90 valence electrons. The topological polar surface area (TPSA) is 18.5 Å². The molecule has 0 aliphatic heterocycles. The molecular weight excluding hydrogens is 220 g/mol. The monoisotopic (exact) mass is 240 g/mol. The van der Waals surface area contributed by atoms with Crippen LogP contribution in [-0.4, -0.2) is 32.2 Å². The fraction of sp³-hybridized carbons (Fsp3) is 0.538. The molecule has 16 heavy (non-hydrogen) atoms. The Kier molecular flexibility index (Phi) is 7.30. The number of ether oxygens (including phenoxy) is 2. The molecule has 0 aliphatic carbocycles. The van der Waals surface area contributed by atoms with Crippen LogP contribution in [0.2, 0.25) is 0 Å². The van der Waals surface area contributed by atoms with Crippen molar-refractivity contribution in [3.05, 3.63) is 35.9 Å². The van der Waals surface area contributed by atoms with Gasteiger partial charge in [0.2, 0.25) is 0 Å². The number of hydrogen-bond acceptors (Lipinski definition) is 3. The lowest BCUT2D eigenvalue weighted by atomic mass is 10.0. The predicted molar refractivity (Wildman–Crippen MR) is 70.3 cm³/mol. The van der Waals surface area contributed by atoms with E-state index in [9.17, 15) is 0 Å². The van der Waals surface area contributed by atoms with Crippen molar-refractivity contribution >= 4 is 12.6 Å². The summed E-state index contributed by atoms with van der Waals surface area (Å²) in [4.78, 5) is 0. The van der Waals surface area contributed by atoms with E-state index in [0.29, 0.717) is 25.7 Å². The highest BCUT2D eigenvalue weighted by Crippen LogP contribution is 2.17. The highest BCUT2D eigenvalue weighted by Gasteiger charge is 2.08. The summed E-state index contributed by atoms with van der Waals surface area (Å²) < 4.78 is 10.8. The standard InChI is InChI=1S/C13H20O2S/c1-2-14-8-9-15-10-13(11-16)12-6-4-3-5-7-12/h3-7,13,16H,2,8-11H2,1H3. The van der Waals surface area contributed by atoms with Gasteiger partial charge in [-0.05, 0) is 18.2 Å². The molecule has 0 saturated carbocycles. The molecule has 0 saturated heterocycles. The second-order valence-corrected chi connectivity index (χ2v) is 3.93. The maximum absolute atomic E-state index is 5.57. The smallest absolute Gasteiger partial charge is 0.0700 e. The summed E-state index contributed by atoms with van der Waals surface area (Å²) >= 11 is 4.36. The van der Waals surface area contributed by atoms with Crippen LogP contribution < -0.4 is 0 Å². The Morgan fingerprint density at radius 1 is 1.12 bits per heavy atom. The molecule has 1 atom stereocenters. The molecule has 0 spiro atoms. The van der Waals surface area contributed by atoms with E-state index in [2.05, 4.69) is 24.8 Å². The first-order valence-corrected chi connectivity index (χ1v) is 6.33. The zero-order valence-electron chi connectivity index (χ0n) is 9.76. The van der Waals surface area contributed by atoms with Crippen molar-refractivity contribution in [1.29, 1.82) is 0 Å². The van der Waals surface area contributed by atoms with E-state index in [1.165, 1.54) is 5.56 Å². The van der Waals surface area contributed by atoms with Gasteiger partial charge in [0.25, 0.3) is 0 Å². The van der Waals surface area contributed by atoms with Crippen LogP contribution in [0.1, 0.15) is 18.4 Å². The van der Waals surface area contributed by atoms with Crippen molar-refractivity contribution in [1.82, 2.24) is 0 Å². The number of thiol groups is 1. The van der Waals surface area contributed by atoms with Gasteiger partial charge in [-0.1, -0.05) is 30.3 Å². The van der Waals surface area contributed by atoms with Crippen molar-refractivity contribution in [3.63, 3.8) is 0 Å². The molecule has 1 rings (SSSR count). The number of benzene rings is 1. The number of rotatable bonds is 8. The third-order valence-corrected chi connectivity index (χ3v) is 2.83.